The number of carbonyl (C=O) groups excluding carboxylic acids is 2. The first-order valence-electron chi connectivity index (χ1n) is 8.29. The minimum absolute atomic E-state index is 0.114. The van der Waals surface area contributed by atoms with Gasteiger partial charge >= 0.3 is 0 Å². The van der Waals surface area contributed by atoms with Crippen LogP contribution in [0.2, 0.25) is 5.02 Å². The van der Waals surface area contributed by atoms with Crippen LogP contribution in [0.1, 0.15) is 35.3 Å². The summed E-state index contributed by atoms with van der Waals surface area (Å²) < 4.78 is 10.5. The van der Waals surface area contributed by atoms with E-state index in [0.29, 0.717) is 22.1 Å². The van der Waals surface area contributed by atoms with E-state index in [-0.39, 0.29) is 31.2 Å². The summed E-state index contributed by atoms with van der Waals surface area (Å²) >= 11 is 5.89. The molecule has 0 radical (unpaired) electrons. The maximum atomic E-state index is 12.2. The zero-order valence-corrected chi connectivity index (χ0v) is 15.0. The van der Waals surface area contributed by atoms with Crippen LogP contribution in [-0.4, -0.2) is 25.2 Å². The van der Waals surface area contributed by atoms with E-state index < -0.39 is 0 Å². The smallest absolute Gasteiger partial charge is 0.251 e. The van der Waals surface area contributed by atoms with Gasteiger partial charge < -0.3 is 20.1 Å². The molecule has 7 heteroatoms. The highest BCUT2D eigenvalue weighted by Gasteiger charge is 2.17. The largest absolute Gasteiger partial charge is 0.454 e. The Morgan fingerprint density at radius 3 is 2.58 bits per heavy atom. The number of rotatable bonds is 6. The van der Waals surface area contributed by atoms with Gasteiger partial charge in [0, 0.05) is 10.6 Å². The Hall–Kier alpha value is -2.73. The Labute approximate surface area is 156 Å². The molecule has 0 aromatic heterocycles. The molecule has 136 valence electrons. The summed E-state index contributed by atoms with van der Waals surface area (Å²) in [5.41, 5.74) is 1.37. The second kappa shape index (κ2) is 8.10. The van der Waals surface area contributed by atoms with Gasteiger partial charge in [0.2, 0.25) is 12.7 Å². The lowest BCUT2D eigenvalue weighted by Gasteiger charge is -2.18. The molecule has 26 heavy (non-hydrogen) atoms. The van der Waals surface area contributed by atoms with E-state index in [1.807, 2.05) is 19.1 Å². The average Bonchev–Trinajstić information content (AvgIpc) is 3.12. The van der Waals surface area contributed by atoms with E-state index in [0.717, 1.165) is 12.0 Å². The standard InChI is InChI=1S/C19H19ClN2O4/c1-2-15(12-3-6-14(20)7-4-12)22-18(23)10-21-19(24)13-5-8-16-17(9-13)26-11-25-16/h3-9,15H,2,10-11H2,1H3,(H,21,24)(H,22,23). The minimum atomic E-state index is -0.349. The summed E-state index contributed by atoms with van der Waals surface area (Å²) in [6, 6.07) is 12.1. The van der Waals surface area contributed by atoms with Crippen molar-refractivity contribution in [2.45, 2.75) is 19.4 Å². The quantitative estimate of drug-likeness (QED) is 0.814. The molecule has 0 saturated carbocycles. The summed E-state index contributed by atoms with van der Waals surface area (Å²) in [6.07, 6.45) is 0.726. The van der Waals surface area contributed by atoms with Crippen molar-refractivity contribution in [3.63, 3.8) is 0 Å². The third-order valence-corrected chi connectivity index (χ3v) is 4.31. The molecule has 6 nitrogen and oxygen atoms in total. The minimum Gasteiger partial charge on any atom is -0.454 e. The molecule has 0 spiro atoms. The topological polar surface area (TPSA) is 76.7 Å². The first-order valence-corrected chi connectivity index (χ1v) is 8.67. The third-order valence-electron chi connectivity index (χ3n) is 4.06. The molecule has 1 aliphatic rings. The molecule has 2 aromatic carbocycles. The van der Waals surface area contributed by atoms with Crippen molar-refractivity contribution >= 4 is 23.4 Å². The third kappa shape index (κ3) is 4.26. The predicted octanol–water partition coefficient (Wildman–Crippen LogP) is 3.07. The number of halogens is 1. The molecule has 0 aliphatic carbocycles. The highest BCUT2D eigenvalue weighted by Crippen LogP contribution is 2.32. The van der Waals surface area contributed by atoms with Gasteiger partial charge in [0.25, 0.3) is 5.91 Å². The van der Waals surface area contributed by atoms with Crippen LogP contribution in [-0.2, 0) is 4.79 Å². The van der Waals surface area contributed by atoms with Crippen LogP contribution in [0, 0.1) is 0 Å². The van der Waals surface area contributed by atoms with Crippen LogP contribution >= 0.6 is 11.6 Å². The van der Waals surface area contributed by atoms with Crippen molar-refractivity contribution in [1.29, 1.82) is 0 Å². The van der Waals surface area contributed by atoms with Gasteiger partial charge in [-0.2, -0.15) is 0 Å². The average molecular weight is 375 g/mol. The zero-order chi connectivity index (χ0) is 18.5. The molecule has 2 N–H and O–H groups in total. The van der Waals surface area contributed by atoms with Gasteiger partial charge in [-0.1, -0.05) is 30.7 Å². The van der Waals surface area contributed by atoms with E-state index >= 15 is 0 Å². The Balaban J connectivity index is 1.54. The summed E-state index contributed by atoms with van der Waals surface area (Å²) in [5, 5.41) is 6.17. The van der Waals surface area contributed by atoms with E-state index in [1.54, 1.807) is 30.3 Å². The van der Waals surface area contributed by atoms with Gasteiger partial charge in [0.1, 0.15) is 0 Å². The number of amides is 2. The van der Waals surface area contributed by atoms with Crippen LogP contribution in [0.5, 0.6) is 11.5 Å². The molecule has 1 aliphatic heterocycles. The maximum Gasteiger partial charge on any atom is 0.251 e. The predicted molar refractivity (Wildman–Crippen MR) is 97.5 cm³/mol. The fourth-order valence-electron chi connectivity index (χ4n) is 2.66. The van der Waals surface area contributed by atoms with Crippen LogP contribution in [0.3, 0.4) is 0 Å². The second-order valence-corrected chi connectivity index (χ2v) is 6.27. The molecule has 0 bridgehead atoms. The Bertz CT molecular complexity index is 808. The summed E-state index contributed by atoms with van der Waals surface area (Å²) in [4.78, 5) is 24.4. The van der Waals surface area contributed by atoms with Gasteiger partial charge in [-0.15, -0.1) is 0 Å². The summed E-state index contributed by atoms with van der Waals surface area (Å²) in [7, 11) is 0. The van der Waals surface area contributed by atoms with Crippen molar-refractivity contribution in [2.75, 3.05) is 13.3 Å². The van der Waals surface area contributed by atoms with E-state index in [4.69, 9.17) is 21.1 Å². The van der Waals surface area contributed by atoms with Crippen molar-refractivity contribution in [2.24, 2.45) is 0 Å². The zero-order valence-electron chi connectivity index (χ0n) is 14.3. The molecule has 1 unspecified atom stereocenters. The van der Waals surface area contributed by atoms with Crippen LogP contribution < -0.4 is 20.1 Å². The van der Waals surface area contributed by atoms with E-state index in [9.17, 15) is 9.59 Å². The van der Waals surface area contributed by atoms with Crippen molar-refractivity contribution in [3.05, 3.63) is 58.6 Å². The first-order chi connectivity index (χ1) is 12.6. The number of carbonyl (C=O) groups is 2. The number of fused-ring (bicyclic) bond motifs is 1. The first kappa shape index (κ1) is 18.1. The number of ether oxygens (including phenoxy) is 2. The van der Waals surface area contributed by atoms with Gasteiger partial charge in [-0.05, 0) is 42.3 Å². The van der Waals surface area contributed by atoms with Crippen LogP contribution in [0.4, 0.5) is 0 Å². The monoisotopic (exact) mass is 374 g/mol. The SMILES string of the molecule is CCC(NC(=O)CNC(=O)c1ccc2c(c1)OCO2)c1ccc(Cl)cc1. The highest BCUT2D eigenvalue weighted by molar-refractivity contribution is 6.30. The second-order valence-electron chi connectivity index (χ2n) is 5.83. The lowest BCUT2D eigenvalue weighted by Crippen LogP contribution is -2.38. The van der Waals surface area contributed by atoms with E-state index in [2.05, 4.69) is 10.6 Å². The molecule has 2 aromatic rings. The molecule has 3 rings (SSSR count). The highest BCUT2D eigenvalue weighted by atomic mass is 35.5. The maximum absolute atomic E-state index is 12.2. The number of nitrogens with one attached hydrogen (secondary N) is 2. The number of benzene rings is 2. The summed E-state index contributed by atoms with van der Waals surface area (Å²) in [6.45, 7) is 2.01. The van der Waals surface area contributed by atoms with Gasteiger partial charge in [-0.3, -0.25) is 9.59 Å². The number of hydrogen-bond donors (Lipinski definition) is 2. The summed E-state index contributed by atoms with van der Waals surface area (Å²) in [5.74, 6) is 0.516. The molecular formula is C19H19ClN2O4. The number of hydrogen-bond acceptors (Lipinski definition) is 4. The lowest BCUT2D eigenvalue weighted by molar-refractivity contribution is -0.120. The Morgan fingerprint density at radius 2 is 1.85 bits per heavy atom. The van der Waals surface area contributed by atoms with Gasteiger partial charge in [0.15, 0.2) is 11.5 Å². The fraction of sp³-hybridized carbons (Fsp3) is 0.263. The molecular weight excluding hydrogens is 356 g/mol. The van der Waals surface area contributed by atoms with Gasteiger partial charge in [-0.25, -0.2) is 0 Å². The van der Waals surface area contributed by atoms with Gasteiger partial charge in [0.05, 0.1) is 12.6 Å². The molecule has 1 heterocycles. The molecule has 0 fully saturated rings. The van der Waals surface area contributed by atoms with Crippen molar-refractivity contribution in [1.82, 2.24) is 10.6 Å². The Morgan fingerprint density at radius 1 is 1.12 bits per heavy atom. The van der Waals surface area contributed by atoms with Crippen molar-refractivity contribution < 1.29 is 19.1 Å². The Kier molecular flexibility index (Phi) is 5.63. The normalized spacial score (nSPS) is 13.2. The lowest BCUT2D eigenvalue weighted by atomic mass is 10.0. The fourth-order valence-corrected chi connectivity index (χ4v) is 2.79. The molecule has 1 atom stereocenters. The van der Waals surface area contributed by atoms with Crippen LogP contribution in [0.15, 0.2) is 42.5 Å². The molecule has 0 saturated heterocycles. The van der Waals surface area contributed by atoms with Crippen LogP contribution in [0.25, 0.3) is 0 Å². The molecule has 2 amide bonds. The van der Waals surface area contributed by atoms with E-state index in [1.165, 1.54) is 0 Å². The van der Waals surface area contributed by atoms with Crippen molar-refractivity contribution in [3.8, 4) is 11.5 Å².